The summed E-state index contributed by atoms with van der Waals surface area (Å²) in [5, 5.41) is 0. The molecule has 1 aromatic heterocycles. The zero-order valence-electron chi connectivity index (χ0n) is 8.88. The number of nitrogens with zero attached hydrogens (tertiary/aromatic N) is 1. The number of pyridine rings is 1. The number of aromatic nitrogens is 1. The zero-order chi connectivity index (χ0) is 13.2. The summed E-state index contributed by atoms with van der Waals surface area (Å²) in [6.07, 6.45) is 2.45. The molecule has 1 heterocycles. The van der Waals surface area contributed by atoms with Gasteiger partial charge in [-0.2, -0.15) is 8.42 Å². The highest BCUT2D eigenvalue weighted by Gasteiger charge is 2.19. The van der Waals surface area contributed by atoms with Crippen molar-refractivity contribution in [1.29, 1.82) is 0 Å². The molecule has 0 N–H and O–H groups in total. The lowest BCUT2D eigenvalue weighted by molar-refractivity contribution is 0.457. The van der Waals surface area contributed by atoms with Crippen LogP contribution in [0.2, 0.25) is 0 Å². The summed E-state index contributed by atoms with van der Waals surface area (Å²) in [6.45, 7) is 0. The van der Waals surface area contributed by atoms with Crippen LogP contribution in [-0.2, 0) is 10.1 Å². The number of rotatable bonds is 3. The van der Waals surface area contributed by atoms with Crippen molar-refractivity contribution in [2.75, 3.05) is 0 Å². The SMILES string of the molecule is O=S(=O)(Oc1ccc(F)cc1F)c1cccnc1. The van der Waals surface area contributed by atoms with Crippen molar-refractivity contribution in [3.05, 3.63) is 54.4 Å². The van der Waals surface area contributed by atoms with Crippen LogP contribution in [0.1, 0.15) is 0 Å². The van der Waals surface area contributed by atoms with Gasteiger partial charge in [-0.3, -0.25) is 4.98 Å². The summed E-state index contributed by atoms with van der Waals surface area (Å²) in [4.78, 5) is 3.40. The van der Waals surface area contributed by atoms with Gasteiger partial charge in [-0.05, 0) is 24.3 Å². The molecule has 0 fully saturated rings. The van der Waals surface area contributed by atoms with Gasteiger partial charge < -0.3 is 4.18 Å². The van der Waals surface area contributed by atoms with E-state index in [4.69, 9.17) is 0 Å². The average molecular weight is 271 g/mol. The molecule has 0 atom stereocenters. The minimum atomic E-state index is -4.17. The molecule has 0 amide bonds. The van der Waals surface area contributed by atoms with Gasteiger partial charge in [0.25, 0.3) is 0 Å². The van der Waals surface area contributed by atoms with E-state index in [-0.39, 0.29) is 4.90 Å². The maximum atomic E-state index is 13.3. The third-order valence-corrected chi connectivity index (χ3v) is 3.23. The van der Waals surface area contributed by atoms with Crippen molar-refractivity contribution < 1.29 is 21.4 Å². The van der Waals surface area contributed by atoms with Crippen molar-refractivity contribution in [2.45, 2.75) is 4.90 Å². The summed E-state index contributed by atoms with van der Waals surface area (Å²) < 4.78 is 53.9. The first kappa shape index (κ1) is 12.4. The van der Waals surface area contributed by atoms with Crippen molar-refractivity contribution in [3.63, 3.8) is 0 Å². The van der Waals surface area contributed by atoms with E-state index in [0.717, 1.165) is 18.3 Å². The van der Waals surface area contributed by atoms with Crippen LogP contribution in [0.4, 0.5) is 8.78 Å². The van der Waals surface area contributed by atoms with Gasteiger partial charge in [0.2, 0.25) is 0 Å². The molecule has 0 unspecified atom stereocenters. The highest BCUT2D eigenvalue weighted by molar-refractivity contribution is 7.87. The standard InChI is InChI=1S/C11H7F2NO3S/c12-8-3-4-11(10(13)6-8)17-18(15,16)9-2-1-5-14-7-9/h1-7H. The number of hydrogen-bond acceptors (Lipinski definition) is 4. The Morgan fingerprint density at radius 2 is 1.94 bits per heavy atom. The third kappa shape index (κ3) is 2.62. The molecule has 0 aliphatic heterocycles. The molecule has 0 radical (unpaired) electrons. The van der Waals surface area contributed by atoms with E-state index in [1.807, 2.05) is 0 Å². The van der Waals surface area contributed by atoms with Crippen LogP contribution in [-0.4, -0.2) is 13.4 Å². The molecular formula is C11H7F2NO3S. The fraction of sp³-hybridized carbons (Fsp3) is 0. The molecule has 0 spiro atoms. The number of halogens is 2. The normalized spacial score (nSPS) is 11.2. The van der Waals surface area contributed by atoms with Gasteiger partial charge in [-0.15, -0.1) is 0 Å². The van der Waals surface area contributed by atoms with E-state index < -0.39 is 27.5 Å². The molecule has 2 aromatic rings. The highest BCUT2D eigenvalue weighted by atomic mass is 32.2. The summed E-state index contributed by atoms with van der Waals surface area (Å²) in [5.41, 5.74) is 0. The molecular weight excluding hydrogens is 264 g/mol. The minimum absolute atomic E-state index is 0.214. The Morgan fingerprint density at radius 3 is 2.56 bits per heavy atom. The number of hydrogen-bond donors (Lipinski definition) is 0. The lowest BCUT2D eigenvalue weighted by Crippen LogP contribution is -2.10. The van der Waals surface area contributed by atoms with E-state index >= 15 is 0 Å². The second-order valence-electron chi connectivity index (χ2n) is 3.30. The first-order valence-electron chi connectivity index (χ1n) is 4.78. The molecule has 0 aliphatic rings. The van der Waals surface area contributed by atoms with E-state index in [2.05, 4.69) is 9.17 Å². The zero-order valence-corrected chi connectivity index (χ0v) is 9.69. The summed E-state index contributed by atoms with van der Waals surface area (Å²) in [6, 6.07) is 4.99. The molecule has 18 heavy (non-hydrogen) atoms. The summed E-state index contributed by atoms with van der Waals surface area (Å²) >= 11 is 0. The van der Waals surface area contributed by atoms with E-state index in [0.29, 0.717) is 6.07 Å². The number of benzene rings is 1. The predicted octanol–water partition coefficient (Wildman–Crippen LogP) is 2.13. The van der Waals surface area contributed by atoms with Crippen molar-refractivity contribution >= 4 is 10.1 Å². The fourth-order valence-electron chi connectivity index (χ4n) is 1.20. The second kappa shape index (κ2) is 4.69. The van der Waals surface area contributed by atoms with E-state index in [9.17, 15) is 17.2 Å². The molecule has 1 aromatic carbocycles. The molecule has 0 saturated carbocycles. The van der Waals surface area contributed by atoms with Gasteiger partial charge >= 0.3 is 10.1 Å². The van der Waals surface area contributed by atoms with Crippen LogP contribution in [0, 0.1) is 11.6 Å². The Hall–Kier alpha value is -2.02. The fourth-order valence-corrected chi connectivity index (χ4v) is 2.11. The monoisotopic (exact) mass is 271 g/mol. The van der Waals surface area contributed by atoms with Gasteiger partial charge in [-0.1, -0.05) is 0 Å². The average Bonchev–Trinajstić information content (AvgIpc) is 2.34. The summed E-state index contributed by atoms with van der Waals surface area (Å²) in [5.74, 6) is -2.48. The molecule has 2 rings (SSSR count). The third-order valence-electron chi connectivity index (χ3n) is 2.02. The Labute approximate surface area is 102 Å². The van der Waals surface area contributed by atoms with Gasteiger partial charge in [0.15, 0.2) is 11.6 Å². The lowest BCUT2D eigenvalue weighted by Gasteiger charge is -2.07. The molecule has 0 bridgehead atoms. The van der Waals surface area contributed by atoms with Crippen LogP contribution >= 0.6 is 0 Å². The largest absolute Gasteiger partial charge is 0.376 e. The maximum absolute atomic E-state index is 13.3. The van der Waals surface area contributed by atoms with E-state index in [1.54, 1.807) is 0 Å². The first-order valence-corrected chi connectivity index (χ1v) is 6.19. The van der Waals surface area contributed by atoms with Gasteiger partial charge in [0.05, 0.1) is 0 Å². The predicted molar refractivity (Wildman–Crippen MR) is 58.4 cm³/mol. The van der Waals surface area contributed by atoms with Crippen molar-refractivity contribution in [3.8, 4) is 5.75 Å². The molecule has 94 valence electrons. The van der Waals surface area contributed by atoms with Crippen LogP contribution in [0.3, 0.4) is 0 Å². The van der Waals surface area contributed by atoms with Crippen LogP contribution in [0.5, 0.6) is 5.75 Å². The van der Waals surface area contributed by atoms with Gasteiger partial charge in [-0.25, -0.2) is 8.78 Å². The van der Waals surface area contributed by atoms with Gasteiger partial charge in [0, 0.05) is 18.5 Å². The molecule has 4 nitrogen and oxygen atoms in total. The lowest BCUT2D eigenvalue weighted by atomic mass is 10.3. The van der Waals surface area contributed by atoms with Crippen LogP contribution in [0.15, 0.2) is 47.6 Å². The van der Waals surface area contributed by atoms with Gasteiger partial charge in [0.1, 0.15) is 10.7 Å². The maximum Gasteiger partial charge on any atom is 0.340 e. The first-order chi connectivity index (χ1) is 8.49. The van der Waals surface area contributed by atoms with Crippen LogP contribution in [0.25, 0.3) is 0 Å². The quantitative estimate of drug-likeness (QED) is 0.802. The molecule has 0 saturated heterocycles. The van der Waals surface area contributed by atoms with Crippen LogP contribution < -0.4 is 4.18 Å². The smallest absolute Gasteiger partial charge is 0.340 e. The molecule has 7 heteroatoms. The Bertz CT molecular complexity index is 659. The Kier molecular flexibility index (Phi) is 3.24. The van der Waals surface area contributed by atoms with Crippen molar-refractivity contribution in [1.82, 2.24) is 4.98 Å². The highest BCUT2D eigenvalue weighted by Crippen LogP contribution is 2.22. The Morgan fingerprint density at radius 1 is 1.17 bits per heavy atom. The second-order valence-corrected chi connectivity index (χ2v) is 4.85. The summed E-state index contributed by atoms with van der Waals surface area (Å²) in [7, 11) is -4.17. The molecule has 0 aliphatic carbocycles. The topological polar surface area (TPSA) is 56.3 Å². The Balaban J connectivity index is 2.34. The van der Waals surface area contributed by atoms with Crippen molar-refractivity contribution in [2.24, 2.45) is 0 Å². The van der Waals surface area contributed by atoms with E-state index in [1.165, 1.54) is 18.3 Å². The minimum Gasteiger partial charge on any atom is -0.376 e.